The van der Waals surface area contributed by atoms with Crippen LogP contribution in [0.2, 0.25) is 0 Å². The molecule has 0 atom stereocenters. The molecule has 0 bridgehead atoms. The Kier molecular flexibility index (Phi) is 4.78. The van der Waals surface area contributed by atoms with Gasteiger partial charge in [-0.25, -0.2) is 9.48 Å². The third-order valence-electron chi connectivity index (χ3n) is 5.39. The molecule has 0 aliphatic heterocycles. The first kappa shape index (κ1) is 19.1. The van der Waals surface area contributed by atoms with Gasteiger partial charge in [0.1, 0.15) is 11.4 Å². The molecule has 0 spiro atoms. The number of aromatic nitrogens is 5. The fourth-order valence-corrected chi connectivity index (χ4v) is 3.65. The summed E-state index contributed by atoms with van der Waals surface area (Å²) in [5.41, 5.74) is 1.93. The Hall–Kier alpha value is -3.88. The van der Waals surface area contributed by atoms with Crippen molar-refractivity contribution in [3.05, 3.63) is 65.0 Å². The molecule has 31 heavy (non-hydrogen) atoms. The zero-order chi connectivity index (χ0) is 21.4. The number of H-pyrrole nitrogens is 1. The SMILES string of the molecule is COc1ccc2cc(C(=O)NCCn3nc(-c4cccnc4)n(C4CC4)c3=O)[nH]c2c1. The number of hydrogen-bond acceptors (Lipinski definition) is 5. The van der Waals surface area contributed by atoms with Gasteiger partial charge in [-0.3, -0.25) is 14.3 Å². The zero-order valence-electron chi connectivity index (χ0n) is 17.0. The number of pyridine rings is 1. The van der Waals surface area contributed by atoms with Gasteiger partial charge in [-0.05, 0) is 43.2 Å². The predicted octanol–water partition coefficient (Wildman–Crippen LogP) is 2.36. The molecule has 1 fully saturated rings. The van der Waals surface area contributed by atoms with E-state index in [4.69, 9.17) is 4.74 Å². The van der Waals surface area contributed by atoms with E-state index in [0.29, 0.717) is 11.5 Å². The Balaban J connectivity index is 1.30. The minimum atomic E-state index is -0.239. The van der Waals surface area contributed by atoms with E-state index in [-0.39, 0.29) is 30.7 Å². The van der Waals surface area contributed by atoms with Gasteiger partial charge in [0.25, 0.3) is 5.91 Å². The van der Waals surface area contributed by atoms with Crippen molar-refractivity contribution in [2.75, 3.05) is 13.7 Å². The summed E-state index contributed by atoms with van der Waals surface area (Å²) in [6.07, 6.45) is 5.34. The van der Waals surface area contributed by atoms with Gasteiger partial charge in [-0.1, -0.05) is 0 Å². The topological polar surface area (TPSA) is 107 Å². The van der Waals surface area contributed by atoms with Gasteiger partial charge in [0.05, 0.1) is 13.7 Å². The van der Waals surface area contributed by atoms with Crippen molar-refractivity contribution in [3.63, 3.8) is 0 Å². The van der Waals surface area contributed by atoms with Crippen LogP contribution in [-0.4, -0.2) is 43.9 Å². The molecule has 158 valence electrons. The number of hydrogen-bond donors (Lipinski definition) is 2. The van der Waals surface area contributed by atoms with Crippen LogP contribution in [0.3, 0.4) is 0 Å². The normalized spacial score (nSPS) is 13.5. The van der Waals surface area contributed by atoms with E-state index in [1.165, 1.54) is 4.68 Å². The number of benzene rings is 1. The van der Waals surface area contributed by atoms with Gasteiger partial charge in [-0.15, -0.1) is 5.10 Å². The molecule has 9 nitrogen and oxygen atoms in total. The summed E-state index contributed by atoms with van der Waals surface area (Å²) >= 11 is 0. The maximum Gasteiger partial charge on any atom is 0.346 e. The summed E-state index contributed by atoms with van der Waals surface area (Å²) in [6.45, 7) is 0.567. The lowest BCUT2D eigenvalue weighted by Crippen LogP contribution is -2.32. The maximum atomic E-state index is 12.9. The van der Waals surface area contributed by atoms with Crippen LogP contribution in [0, 0.1) is 0 Å². The van der Waals surface area contributed by atoms with Crippen molar-refractivity contribution in [1.82, 2.24) is 29.6 Å². The highest BCUT2D eigenvalue weighted by Crippen LogP contribution is 2.36. The average Bonchev–Trinajstić information content (AvgIpc) is 3.45. The molecule has 1 amide bonds. The number of carbonyl (C=O) groups excluding carboxylic acids is 1. The van der Waals surface area contributed by atoms with Crippen LogP contribution in [0.25, 0.3) is 22.3 Å². The van der Waals surface area contributed by atoms with E-state index in [2.05, 4.69) is 20.4 Å². The lowest BCUT2D eigenvalue weighted by molar-refractivity contribution is 0.0947. The third kappa shape index (κ3) is 3.70. The van der Waals surface area contributed by atoms with Gasteiger partial charge in [0.15, 0.2) is 5.82 Å². The van der Waals surface area contributed by atoms with E-state index in [9.17, 15) is 9.59 Å². The minimum Gasteiger partial charge on any atom is -0.497 e. The number of amides is 1. The molecule has 4 aromatic rings. The highest BCUT2D eigenvalue weighted by Gasteiger charge is 2.30. The largest absolute Gasteiger partial charge is 0.497 e. The first-order valence-corrected chi connectivity index (χ1v) is 10.2. The lowest BCUT2D eigenvalue weighted by atomic mass is 10.2. The minimum absolute atomic E-state index is 0.159. The maximum absolute atomic E-state index is 12.9. The summed E-state index contributed by atoms with van der Waals surface area (Å²) in [4.78, 5) is 32.7. The van der Waals surface area contributed by atoms with Gasteiger partial charge >= 0.3 is 5.69 Å². The number of aromatic amines is 1. The second kappa shape index (κ2) is 7.75. The van der Waals surface area contributed by atoms with Crippen LogP contribution >= 0.6 is 0 Å². The van der Waals surface area contributed by atoms with E-state index in [1.807, 2.05) is 30.3 Å². The molecular weight excluding hydrogens is 396 g/mol. The second-order valence-electron chi connectivity index (χ2n) is 7.56. The predicted molar refractivity (Wildman–Crippen MR) is 115 cm³/mol. The summed E-state index contributed by atoms with van der Waals surface area (Å²) in [7, 11) is 1.60. The molecular formula is C22H22N6O3. The number of ether oxygens (including phenoxy) is 1. The molecule has 0 radical (unpaired) electrons. The molecule has 0 saturated heterocycles. The smallest absolute Gasteiger partial charge is 0.346 e. The highest BCUT2D eigenvalue weighted by molar-refractivity contribution is 5.98. The second-order valence-corrected chi connectivity index (χ2v) is 7.56. The quantitative estimate of drug-likeness (QED) is 0.479. The Labute approximate surface area is 177 Å². The van der Waals surface area contributed by atoms with Crippen LogP contribution in [-0.2, 0) is 6.54 Å². The number of nitrogens with one attached hydrogen (secondary N) is 2. The first-order chi connectivity index (χ1) is 15.1. The molecule has 1 aliphatic carbocycles. The fraction of sp³-hybridized carbons (Fsp3) is 0.273. The standard InChI is InChI=1S/C22H22N6O3/c1-31-17-7-4-14-11-19(25-18(14)12-17)21(29)24-9-10-27-22(30)28(16-5-6-16)20(26-27)15-3-2-8-23-13-15/h2-4,7-8,11-13,16,25H,5-6,9-10H2,1H3,(H,24,29). The molecule has 0 unspecified atom stereocenters. The Morgan fingerprint density at radius 3 is 2.90 bits per heavy atom. The van der Waals surface area contributed by atoms with Crippen molar-refractivity contribution in [1.29, 1.82) is 0 Å². The van der Waals surface area contributed by atoms with Crippen molar-refractivity contribution in [3.8, 4) is 17.1 Å². The summed E-state index contributed by atoms with van der Waals surface area (Å²) in [6, 6.07) is 11.3. The molecule has 1 aromatic carbocycles. The highest BCUT2D eigenvalue weighted by atomic mass is 16.5. The van der Waals surface area contributed by atoms with Crippen molar-refractivity contribution >= 4 is 16.8 Å². The number of rotatable bonds is 7. The number of nitrogens with zero attached hydrogens (tertiary/aromatic N) is 4. The van der Waals surface area contributed by atoms with Crippen molar-refractivity contribution < 1.29 is 9.53 Å². The van der Waals surface area contributed by atoms with E-state index in [1.54, 1.807) is 30.1 Å². The van der Waals surface area contributed by atoms with E-state index >= 15 is 0 Å². The van der Waals surface area contributed by atoms with E-state index in [0.717, 1.165) is 35.1 Å². The molecule has 3 aromatic heterocycles. The first-order valence-electron chi connectivity index (χ1n) is 10.2. The van der Waals surface area contributed by atoms with E-state index < -0.39 is 0 Å². The molecule has 1 saturated carbocycles. The van der Waals surface area contributed by atoms with Crippen LogP contribution < -0.4 is 15.7 Å². The Bertz CT molecular complexity index is 1300. The molecule has 5 rings (SSSR count). The van der Waals surface area contributed by atoms with Crippen molar-refractivity contribution in [2.24, 2.45) is 0 Å². The van der Waals surface area contributed by atoms with Crippen molar-refractivity contribution in [2.45, 2.75) is 25.4 Å². The zero-order valence-corrected chi connectivity index (χ0v) is 17.0. The van der Waals surface area contributed by atoms with Crippen LogP contribution in [0.1, 0.15) is 29.4 Å². The third-order valence-corrected chi connectivity index (χ3v) is 5.39. The lowest BCUT2D eigenvalue weighted by Gasteiger charge is -2.03. The summed E-state index contributed by atoms with van der Waals surface area (Å²) < 4.78 is 8.37. The number of fused-ring (bicyclic) bond motifs is 1. The molecule has 3 heterocycles. The van der Waals surface area contributed by atoms with Gasteiger partial charge < -0.3 is 15.0 Å². The Morgan fingerprint density at radius 1 is 1.29 bits per heavy atom. The van der Waals surface area contributed by atoms with Crippen LogP contribution in [0.5, 0.6) is 5.75 Å². The average molecular weight is 418 g/mol. The molecule has 2 N–H and O–H groups in total. The Morgan fingerprint density at radius 2 is 2.16 bits per heavy atom. The number of methoxy groups -OCH3 is 1. The molecule has 9 heteroatoms. The molecule has 1 aliphatic rings. The van der Waals surface area contributed by atoms with Gasteiger partial charge in [0, 0.05) is 47.5 Å². The van der Waals surface area contributed by atoms with Crippen LogP contribution in [0.15, 0.2) is 53.6 Å². The fourth-order valence-electron chi connectivity index (χ4n) is 3.65. The van der Waals surface area contributed by atoms with Crippen LogP contribution in [0.4, 0.5) is 0 Å². The number of carbonyl (C=O) groups is 1. The summed E-state index contributed by atoms with van der Waals surface area (Å²) in [5, 5.41) is 8.30. The summed E-state index contributed by atoms with van der Waals surface area (Å²) in [5.74, 6) is 1.10. The van der Waals surface area contributed by atoms with Gasteiger partial charge in [-0.2, -0.15) is 0 Å². The van der Waals surface area contributed by atoms with Gasteiger partial charge in [0.2, 0.25) is 0 Å². The monoisotopic (exact) mass is 418 g/mol.